The van der Waals surface area contributed by atoms with E-state index < -0.39 is 0 Å². The number of halogens is 2. The van der Waals surface area contributed by atoms with Gasteiger partial charge in [0.1, 0.15) is 0 Å². The van der Waals surface area contributed by atoms with Gasteiger partial charge >= 0.3 is 0 Å². The van der Waals surface area contributed by atoms with Gasteiger partial charge < -0.3 is 14.8 Å². The number of hydrogen-bond donors (Lipinski definition) is 1. The second kappa shape index (κ2) is 7.43. The van der Waals surface area contributed by atoms with Gasteiger partial charge in [0.25, 0.3) is 0 Å². The fourth-order valence-corrected chi connectivity index (χ4v) is 2.54. The van der Waals surface area contributed by atoms with Gasteiger partial charge in [-0.2, -0.15) is 0 Å². The van der Waals surface area contributed by atoms with E-state index in [-0.39, 0.29) is 0 Å². The Morgan fingerprint density at radius 2 is 1.71 bits per heavy atom. The minimum absolute atomic E-state index is 0.587. The molecule has 2 aromatic carbocycles. The maximum atomic E-state index is 5.99. The fraction of sp³-hybridized carbons (Fsp3) is 0.250. The highest BCUT2D eigenvalue weighted by atomic mass is 35.5. The number of methoxy groups -OCH3 is 1. The van der Waals surface area contributed by atoms with Gasteiger partial charge in [-0.3, -0.25) is 0 Å². The molecule has 0 spiro atoms. The largest absolute Gasteiger partial charge is 0.493 e. The summed E-state index contributed by atoms with van der Waals surface area (Å²) in [5.41, 5.74) is 1.96. The van der Waals surface area contributed by atoms with E-state index in [1.54, 1.807) is 13.2 Å². The Morgan fingerprint density at radius 3 is 2.33 bits per heavy atom. The molecule has 0 aromatic heterocycles. The van der Waals surface area contributed by atoms with Crippen LogP contribution in [-0.4, -0.2) is 13.7 Å². The third-order valence-electron chi connectivity index (χ3n) is 2.88. The molecule has 0 radical (unpaired) electrons. The fourth-order valence-electron chi connectivity index (χ4n) is 1.97. The summed E-state index contributed by atoms with van der Waals surface area (Å²) in [5.74, 6) is 1.43. The summed E-state index contributed by atoms with van der Waals surface area (Å²) in [6.07, 6.45) is 0. The van der Waals surface area contributed by atoms with Crippen LogP contribution in [-0.2, 0) is 6.54 Å². The number of benzene rings is 2. The van der Waals surface area contributed by atoms with Crippen LogP contribution >= 0.6 is 23.2 Å². The first-order valence-corrected chi connectivity index (χ1v) is 7.37. The molecule has 5 heteroatoms. The first-order valence-electron chi connectivity index (χ1n) is 6.62. The average molecular weight is 326 g/mol. The molecule has 2 rings (SSSR count). The molecule has 0 saturated heterocycles. The van der Waals surface area contributed by atoms with Crippen LogP contribution in [0.5, 0.6) is 11.5 Å². The third-order valence-corrected chi connectivity index (χ3v) is 3.32. The minimum atomic E-state index is 0.587. The number of ether oxygens (including phenoxy) is 2. The lowest BCUT2D eigenvalue weighted by Crippen LogP contribution is -2.01. The van der Waals surface area contributed by atoms with Gasteiger partial charge in [0, 0.05) is 28.3 Å². The zero-order valence-corrected chi connectivity index (χ0v) is 13.5. The highest BCUT2D eigenvalue weighted by Gasteiger charge is 2.05. The SMILES string of the molecule is CCOc1cc(NCc2cc(Cl)cc(Cl)c2)ccc1OC. The molecule has 21 heavy (non-hydrogen) atoms. The molecule has 0 aliphatic heterocycles. The van der Waals surface area contributed by atoms with Gasteiger partial charge in [0.2, 0.25) is 0 Å². The van der Waals surface area contributed by atoms with Crippen LogP contribution in [0.15, 0.2) is 36.4 Å². The summed E-state index contributed by atoms with van der Waals surface area (Å²) in [6.45, 7) is 3.15. The lowest BCUT2D eigenvalue weighted by Gasteiger charge is -2.12. The van der Waals surface area contributed by atoms with Crippen molar-refractivity contribution in [2.45, 2.75) is 13.5 Å². The van der Waals surface area contributed by atoms with Crippen molar-refractivity contribution < 1.29 is 9.47 Å². The highest BCUT2D eigenvalue weighted by Crippen LogP contribution is 2.30. The van der Waals surface area contributed by atoms with Crippen LogP contribution in [0, 0.1) is 0 Å². The van der Waals surface area contributed by atoms with Crippen molar-refractivity contribution >= 4 is 28.9 Å². The van der Waals surface area contributed by atoms with Gasteiger partial charge in [-0.05, 0) is 42.8 Å². The van der Waals surface area contributed by atoms with E-state index in [2.05, 4.69) is 5.32 Å². The van der Waals surface area contributed by atoms with Crippen molar-refractivity contribution in [2.24, 2.45) is 0 Å². The standard InChI is InChI=1S/C16H17Cl2NO2/c1-3-21-16-9-14(4-5-15(16)20-2)19-10-11-6-12(17)8-13(18)7-11/h4-9,19H,3,10H2,1-2H3. The van der Waals surface area contributed by atoms with E-state index in [4.69, 9.17) is 32.7 Å². The molecule has 0 fully saturated rings. The van der Waals surface area contributed by atoms with E-state index in [1.165, 1.54) is 0 Å². The second-order valence-corrected chi connectivity index (χ2v) is 5.30. The van der Waals surface area contributed by atoms with Crippen LogP contribution in [0.1, 0.15) is 12.5 Å². The number of nitrogens with one attached hydrogen (secondary N) is 1. The van der Waals surface area contributed by atoms with Crippen LogP contribution in [0.4, 0.5) is 5.69 Å². The maximum absolute atomic E-state index is 5.99. The molecule has 0 bridgehead atoms. The Kier molecular flexibility index (Phi) is 5.59. The predicted molar refractivity (Wildman–Crippen MR) is 88.0 cm³/mol. The molecular formula is C16H17Cl2NO2. The van der Waals surface area contributed by atoms with Crippen molar-refractivity contribution in [1.29, 1.82) is 0 Å². The topological polar surface area (TPSA) is 30.5 Å². The Labute approximate surface area is 134 Å². The van der Waals surface area contributed by atoms with Crippen LogP contribution < -0.4 is 14.8 Å². The average Bonchev–Trinajstić information content (AvgIpc) is 2.45. The molecule has 0 amide bonds. The summed E-state index contributed by atoms with van der Waals surface area (Å²) < 4.78 is 10.8. The van der Waals surface area contributed by atoms with E-state index in [9.17, 15) is 0 Å². The first-order chi connectivity index (χ1) is 10.1. The summed E-state index contributed by atoms with van der Waals surface area (Å²) in [5, 5.41) is 4.57. The zero-order valence-electron chi connectivity index (χ0n) is 12.0. The summed E-state index contributed by atoms with van der Waals surface area (Å²) >= 11 is 12.0. The lowest BCUT2D eigenvalue weighted by molar-refractivity contribution is 0.311. The Bertz CT molecular complexity index is 597. The van der Waals surface area contributed by atoms with Crippen LogP contribution in [0.2, 0.25) is 10.0 Å². The molecule has 0 atom stereocenters. The van der Waals surface area contributed by atoms with E-state index >= 15 is 0 Å². The smallest absolute Gasteiger partial charge is 0.163 e. The van der Waals surface area contributed by atoms with Crippen molar-refractivity contribution in [1.82, 2.24) is 0 Å². The molecule has 0 aliphatic carbocycles. The second-order valence-electron chi connectivity index (χ2n) is 4.43. The van der Waals surface area contributed by atoms with Gasteiger partial charge in [0.05, 0.1) is 13.7 Å². The first kappa shape index (κ1) is 15.8. The number of anilines is 1. The van der Waals surface area contributed by atoms with Crippen molar-refractivity contribution in [3.63, 3.8) is 0 Å². The van der Waals surface area contributed by atoms with Gasteiger partial charge in [-0.15, -0.1) is 0 Å². The van der Waals surface area contributed by atoms with Gasteiger partial charge in [-0.25, -0.2) is 0 Å². The number of hydrogen-bond acceptors (Lipinski definition) is 3. The Balaban J connectivity index is 2.10. The van der Waals surface area contributed by atoms with Gasteiger partial charge in [0.15, 0.2) is 11.5 Å². The predicted octanol–water partition coefficient (Wildman–Crippen LogP) is 5.01. The maximum Gasteiger partial charge on any atom is 0.163 e. The van der Waals surface area contributed by atoms with Crippen molar-refractivity contribution in [2.75, 3.05) is 19.0 Å². The van der Waals surface area contributed by atoms with E-state index in [0.29, 0.717) is 34.7 Å². The van der Waals surface area contributed by atoms with Crippen molar-refractivity contribution in [3.8, 4) is 11.5 Å². The number of rotatable bonds is 6. The highest BCUT2D eigenvalue weighted by molar-refractivity contribution is 6.34. The molecule has 0 heterocycles. The Morgan fingerprint density at radius 1 is 1.00 bits per heavy atom. The molecule has 0 unspecified atom stereocenters. The van der Waals surface area contributed by atoms with E-state index in [1.807, 2.05) is 37.3 Å². The summed E-state index contributed by atoms with van der Waals surface area (Å²) in [6, 6.07) is 11.2. The normalized spacial score (nSPS) is 10.3. The molecule has 112 valence electrons. The summed E-state index contributed by atoms with van der Waals surface area (Å²) in [7, 11) is 1.62. The van der Waals surface area contributed by atoms with Crippen molar-refractivity contribution in [3.05, 3.63) is 52.0 Å². The minimum Gasteiger partial charge on any atom is -0.493 e. The molecule has 1 N–H and O–H groups in total. The van der Waals surface area contributed by atoms with Crippen LogP contribution in [0.3, 0.4) is 0 Å². The molecule has 0 saturated carbocycles. The summed E-state index contributed by atoms with van der Waals surface area (Å²) in [4.78, 5) is 0. The molecular weight excluding hydrogens is 309 g/mol. The molecule has 2 aromatic rings. The quantitative estimate of drug-likeness (QED) is 0.809. The molecule has 3 nitrogen and oxygen atoms in total. The lowest BCUT2D eigenvalue weighted by atomic mass is 10.2. The van der Waals surface area contributed by atoms with E-state index in [0.717, 1.165) is 11.3 Å². The Hall–Kier alpha value is -1.58. The third kappa shape index (κ3) is 4.45. The zero-order chi connectivity index (χ0) is 15.2. The molecule has 0 aliphatic rings. The monoisotopic (exact) mass is 325 g/mol. The van der Waals surface area contributed by atoms with Gasteiger partial charge in [-0.1, -0.05) is 23.2 Å². The van der Waals surface area contributed by atoms with Crippen LogP contribution in [0.25, 0.3) is 0 Å².